The van der Waals surface area contributed by atoms with Gasteiger partial charge in [0, 0.05) is 30.5 Å². The second-order valence-electron chi connectivity index (χ2n) is 7.84. The van der Waals surface area contributed by atoms with E-state index in [0.29, 0.717) is 37.6 Å². The molecular weight excluding hydrogens is 387 g/mol. The predicted molar refractivity (Wildman–Crippen MR) is 101 cm³/mol. The van der Waals surface area contributed by atoms with Gasteiger partial charge >= 0.3 is 6.03 Å². The number of hydrogen-bond acceptors (Lipinski definition) is 4. The molecule has 2 amide bonds. The molecular formula is C20H24ClFN2O4. The molecule has 3 heterocycles. The van der Waals surface area contributed by atoms with Crippen LogP contribution in [-0.4, -0.2) is 66.6 Å². The molecule has 0 N–H and O–H groups in total. The van der Waals surface area contributed by atoms with Gasteiger partial charge in [-0.3, -0.25) is 4.79 Å². The summed E-state index contributed by atoms with van der Waals surface area (Å²) in [5.74, 6) is -0.162. The van der Waals surface area contributed by atoms with Crippen LogP contribution in [0, 0.1) is 11.7 Å². The molecule has 0 radical (unpaired) electrons. The fourth-order valence-corrected chi connectivity index (χ4v) is 4.55. The highest BCUT2D eigenvalue weighted by molar-refractivity contribution is 6.31. The van der Waals surface area contributed by atoms with Crippen molar-refractivity contribution in [1.29, 1.82) is 0 Å². The molecule has 6 nitrogen and oxygen atoms in total. The molecule has 0 aliphatic carbocycles. The zero-order chi connectivity index (χ0) is 19.8. The van der Waals surface area contributed by atoms with E-state index in [1.54, 1.807) is 11.0 Å². The number of fused-ring (bicyclic) bond motifs is 1. The number of carbonyl (C=O) groups is 2. The summed E-state index contributed by atoms with van der Waals surface area (Å²) in [5, 5.41) is 0.340. The van der Waals surface area contributed by atoms with E-state index >= 15 is 0 Å². The first-order valence-corrected chi connectivity index (χ1v) is 10.1. The first-order chi connectivity index (χ1) is 13.4. The Morgan fingerprint density at radius 3 is 2.86 bits per heavy atom. The zero-order valence-corrected chi connectivity index (χ0v) is 16.5. The molecule has 0 bridgehead atoms. The van der Waals surface area contributed by atoms with Gasteiger partial charge in [-0.1, -0.05) is 17.7 Å². The molecule has 3 aliphatic heterocycles. The quantitative estimate of drug-likeness (QED) is 0.768. The molecule has 152 valence electrons. The van der Waals surface area contributed by atoms with Gasteiger partial charge in [0.05, 0.1) is 31.4 Å². The number of urea groups is 1. The number of piperidine rings is 1. The standard InChI is InChI=1S/C20H24ClFN2O4/c1-12(17-3-2-14(22)7-18(17)21)28-16-9-24(10-16)20(26)23-5-4-19-13(8-23)6-15(25)11-27-19/h2-3,7,12-13,16,19H,4-6,8-11H2,1H3/t12?,13-,19+/m1/s1. The van der Waals surface area contributed by atoms with Crippen LogP contribution in [0.4, 0.5) is 9.18 Å². The maximum absolute atomic E-state index is 13.2. The van der Waals surface area contributed by atoms with Gasteiger partial charge in [-0.15, -0.1) is 0 Å². The number of amides is 2. The van der Waals surface area contributed by atoms with Crippen LogP contribution in [0.25, 0.3) is 0 Å². The fourth-order valence-electron chi connectivity index (χ4n) is 4.22. The Balaban J connectivity index is 1.26. The number of likely N-dealkylation sites (tertiary alicyclic amines) is 2. The second kappa shape index (κ2) is 7.97. The molecule has 28 heavy (non-hydrogen) atoms. The normalized spacial score (nSPS) is 26.6. The third-order valence-corrected chi connectivity index (χ3v) is 6.13. The van der Waals surface area contributed by atoms with E-state index in [4.69, 9.17) is 21.1 Å². The first kappa shape index (κ1) is 19.6. The first-order valence-electron chi connectivity index (χ1n) is 9.68. The van der Waals surface area contributed by atoms with Crippen LogP contribution in [0.1, 0.15) is 31.4 Å². The lowest BCUT2D eigenvalue weighted by Gasteiger charge is -2.46. The van der Waals surface area contributed by atoms with Crippen LogP contribution in [0.2, 0.25) is 5.02 Å². The average molecular weight is 411 g/mol. The van der Waals surface area contributed by atoms with E-state index in [9.17, 15) is 14.0 Å². The summed E-state index contributed by atoms with van der Waals surface area (Å²) in [5.41, 5.74) is 0.733. The average Bonchev–Trinajstić information content (AvgIpc) is 2.63. The molecule has 3 atom stereocenters. The maximum atomic E-state index is 13.2. The van der Waals surface area contributed by atoms with Crippen molar-refractivity contribution in [2.45, 2.75) is 38.1 Å². The van der Waals surface area contributed by atoms with Gasteiger partial charge in [0.1, 0.15) is 12.4 Å². The number of hydrogen-bond donors (Lipinski definition) is 0. The van der Waals surface area contributed by atoms with Gasteiger partial charge in [-0.05, 0) is 31.0 Å². The van der Waals surface area contributed by atoms with E-state index in [1.165, 1.54) is 12.1 Å². The minimum atomic E-state index is -0.379. The zero-order valence-electron chi connectivity index (χ0n) is 15.8. The monoisotopic (exact) mass is 410 g/mol. The minimum absolute atomic E-state index is 0.0104. The van der Waals surface area contributed by atoms with Crippen LogP contribution in [-0.2, 0) is 14.3 Å². The molecule has 1 aromatic carbocycles. The van der Waals surface area contributed by atoms with Gasteiger partial charge in [0.15, 0.2) is 5.78 Å². The Morgan fingerprint density at radius 1 is 1.32 bits per heavy atom. The van der Waals surface area contributed by atoms with Crippen LogP contribution in [0.15, 0.2) is 18.2 Å². The van der Waals surface area contributed by atoms with Crippen LogP contribution in [0.3, 0.4) is 0 Å². The van der Waals surface area contributed by atoms with Crippen LogP contribution >= 0.6 is 11.6 Å². The van der Waals surface area contributed by atoms with Gasteiger partial charge in [0.25, 0.3) is 0 Å². The molecule has 0 spiro atoms. The van der Waals surface area contributed by atoms with E-state index in [1.807, 2.05) is 11.8 Å². The Morgan fingerprint density at radius 2 is 2.11 bits per heavy atom. The Kier molecular flexibility index (Phi) is 5.58. The third kappa shape index (κ3) is 4.02. The summed E-state index contributed by atoms with van der Waals surface area (Å²) in [6, 6.07) is 4.25. The summed E-state index contributed by atoms with van der Waals surface area (Å²) in [4.78, 5) is 27.9. The fraction of sp³-hybridized carbons (Fsp3) is 0.600. The summed E-state index contributed by atoms with van der Waals surface area (Å²) in [7, 11) is 0. The van der Waals surface area contributed by atoms with Crippen LogP contribution in [0.5, 0.6) is 0 Å². The lowest BCUT2D eigenvalue weighted by molar-refractivity contribution is -0.140. The topological polar surface area (TPSA) is 59.1 Å². The Bertz CT molecular complexity index is 771. The van der Waals surface area contributed by atoms with Crippen molar-refractivity contribution in [1.82, 2.24) is 9.80 Å². The van der Waals surface area contributed by atoms with E-state index in [2.05, 4.69) is 0 Å². The molecule has 0 saturated carbocycles. The number of halogens is 2. The summed E-state index contributed by atoms with van der Waals surface area (Å²) in [6.07, 6.45) is 1.01. The number of rotatable bonds is 3. The van der Waals surface area contributed by atoms with Crippen molar-refractivity contribution in [3.8, 4) is 0 Å². The van der Waals surface area contributed by atoms with Crippen LogP contribution < -0.4 is 0 Å². The molecule has 4 rings (SSSR count). The van der Waals surface area contributed by atoms with Crippen molar-refractivity contribution in [3.05, 3.63) is 34.6 Å². The molecule has 3 fully saturated rings. The lowest BCUT2D eigenvalue weighted by atomic mass is 9.88. The number of benzene rings is 1. The lowest BCUT2D eigenvalue weighted by Crippen LogP contribution is -2.61. The number of carbonyl (C=O) groups excluding carboxylic acids is 2. The van der Waals surface area contributed by atoms with Crippen molar-refractivity contribution >= 4 is 23.4 Å². The summed E-state index contributed by atoms with van der Waals surface area (Å²) < 4.78 is 24.8. The number of ether oxygens (including phenoxy) is 2. The Labute approximate surface area is 168 Å². The summed E-state index contributed by atoms with van der Waals surface area (Å²) >= 11 is 6.09. The van der Waals surface area contributed by atoms with E-state index in [0.717, 1.165) is 12.0 Å². The maximum Gasteiger partial charge on any atom is 0.320 e. The van der Waals surface area contributed by atoms with Gasteiger partial charge in [-0.25, -0.2) is 9.18 Å². The second-order valence-corrected chi connectivity index (χ2v) is 8.25. The third-order valence-electron chi connectivity index (χ3n) is 5.80. The highest BCUT2D eigenvalue weighted by Crippen LogP contribution is 2.31. The molecule has 3 saturated heterocycles. The number of ketones is 1. The molecule has 3 aliphatic rings. The highest BCUT2D eigenvalue weighted by Gasteiger charge is 2.40. The van der Waals surface area contributed by atoms with Gasteiger partial charge < -0.3 is 19.3 Å². The molecule has 8 heteroatoms. The van der Waals surface area contributed by atoms with Crippen molar-refractivity contribution < 1.29 is 23.5 Å². The van der Waals surface area contributed by atoms with Crippen molar-refractivity contribution in [2.24, 2.45) is 5.92 Å². The van der Waals surface area contributed by atoms with Crippen molar-refractivity contribution in [2.75, 3.05) is 32.8 Å². The molecule has 1 unspecified atom stereocenters. The smallest absolute Gasteiger partial charge is 0.320 e. The number of nitrogens with zero attached hydrogens (tertiary/aromatic N) is 2. The van der Waals surface area contributed by atoms with E-state index < -0.39 is 0 Å². The largest absolute Gasteiger partial charge is 0.370 e. The summed E-state index contributed by atoms with van der Waals surface area (Å²) in [6.45, 7) is 4.33. The minimum Gasteiger partial charge on any atom is -0.370 e. The Hall–Kier alpha value is -1.70. The van der Waals surface area contributed by atoms with E-state index in [-0.39, 0.29) is 48.5 Å². The SMILES string of the molecule is CC(OC1CN(C(=O)N2CC[C@@H]3OCC(=O)C[C@@H]3C2)C1)c1ccc(F)cc1Cl. The predicted octanol–water partition coefficient (Wildman–Crippen LogP) is 3.04. The highest BCUT2D eigenvalue weighted by atomic mass is 35.5. The van der Waals surface area contributed by atoms with Gasteiger partial charge in [0.2, 0.25) is 0 Å². The molecule has 1 aromatic rings. The van der Waals surface area contributed by atoms with Crippen molar-refractivity contribution in [3.63, 3.8) is 0 Å². The molecule has 0 aromatic heterocycles. The number of Topliss-reactive ketones (excluding diaryl/α,β-unsaturated/α-hetero) is 1. The van der Waals surface area contributed by atoms with Gasteiger partial charge in [-0.2, -0.15) is 0 Å².